The Morgan fingerprint density at radius 3 is 2.83 bits per heavy atom. The molecule has 0 aliphatic carbocycles. The lowest BCUT2D eigenvalue weighted by molar-refractivity contribution is 0.501. The van der Waals surface area contributed by atoms with Crippen LogP contribution < -0.4 is 10.6 Å². The van der Waals surface area contributed by atoms with E-state index in [0.29, 0.717) is 6.54 Å². The number of halogens is 1. The Morgan fingerprint density at radius 1 is 1.17 bits per heavy atom. The summed E-state index contributed by atoms with van der Waals surface area (Å²) < 4.78 is 5.30. The van der Waals surface area contributed by atoms with Gasteiger partial charge in [0.1, 0.15) is 5.76 Å². The van der Waals surface area contributed by atoms with Gasteiger partial charge in [0.05, 0.1) is 12.8 Å². The van der Waals surface area contributed by atoms with E-state index in [1.165, 1.54) is 16.5 Å². The molecule has 0 saturated heterocycles. The minimum absolute atomic E-state index is 0. The molecule has 0 aliphatic rings. The number of para-hydroxylation sites is 1. The van der Waals surface area contributed by atoms with E-state index in [4.69, 9.17) is 4.42 Å². The maximum absolute atomic E-state index is 5.30. The Kier molecular flexibility index (Phi) is 7.17. The van der Waals surface area contributed by atoms with Crippen molar-refractivity contribution in [3.8, 4) is 0 Å². The SMILES string of the molecule is CN=C(NCCCc1c[nH]c2ccccc12)NCc1ccco1.I. The molecule has 0 spiro atoms. The molecule has 5 nitrogen and oxygen atoms in total. The highest BCUT2D eigenvalue weighted by molar-refractivity contribution is 14.0. The number of hydrogen-bond donors (Lipinski definition) is 3. The van der Waals surface area contributed by atoms with Crippen LogP contribution in [0.25, 0.3) is 10.9 Å². The highest BCUT2D eigenvalue weighted by Gasteiger charge is 2.03. The van der Waals surface area contributed by atoms with Crippen LogP contribution in [0.2, 0.25) is 0 Å². The number of nitrogens with one attached hydrogen (secondary N) is 3. The summed E-state index contributed by atoms with van der Waals surface area (Å²) in [7, 11) is 1.77. The predicted octanol–water partition coefficient (Wildman–Crippen LogP) is 3.68. The van der Waals surface area contributed by atoms with Gasteiger partial charge in [-0.1, -0.05) is 18.2 Å². The number of hydrogen-bond acceptors (Lipinski definition) is 2. The number of H-pyrrole nitrogens is 1. The highest BCUT2D eigenvalue weighted by atomic mass is 127. The van der Waals surface area contributed by atoms with Gasteiger partial charge < -0.3 is 20.0 Å². The summed E-state index contributed by atoms with van der Waals surface area (Å²) in [6, 6.07) is 12.2. The lowest BCUT2D eigenvalue weighted by Gasteiger charge is -2.10. The monoisotopic (exact) mass is 438 g/mol. The van der Waals surface area contributed by atoms with Gasteiger partial charge >= 0.3 is 0 Å². The van der Waals surface area contributed by atoms with Gasteiger partial charge in [-0.15, -0.1) is 24.0 Å². The van der Waals surface area contributed by atoms with E-state index in [0.717, 1.165) is 31.1 Å². The molecule has 3 N–H and O–H groups in total. The number of rotatable bonds is 6. The summed E-state index contributed by atoms with van der Waals surface area (Å²) in [5.41, 5.74) is 2.56. The molecule has 1 aromatic carbocycles. The number of nitrogens with zero attached hydrogens (tertiary/aromatic N) is 1. The van der Waals surface area contributed by atoms with Gasteiger partial charge in [0, 0.05) is 30.7 Å². The summed E-state index contributed by atoms with van der Waals surface area (Å²) in [5.74, 6) is 1.69. The maximum Gasteiger partial charge on any atom is 0.191 e. The van der Waals surface area contributed by atoms with Crippen molar-refractivity contribution < 1.29 is 4.42 Å². The number of fused-ring (bicyclic) bond motifs is 1. The van der Waals surface area contributed by atoms with Crippen molar-refractivity contribution in [2.24, 2.45) is 4.99 Å². The first-order valence-corrected chi connectivity index (χ1v) is 7.88. The first-order chi connectivity index (χ1) is 11.4. The van der Waals surface area contributed by atoms with Gasteiger partial charge in [-0.2, -0.15) is 0 Å². The quantitative estimate of drug-likeness (QED) is 0.238. The molecule has 0 aliphatic heterocycles. The maximum atomic E-state index is 5.30. The normalized spacial score (nSPS) is 11.3. The minimum Gasteiger partial charge on any atom is -0.467 e. The molecule has 3 aromatic rings. The number of furan rings is 1. The summed E-state index contributed by atoms with van der Waals surface area (Å²) >= 11 is 0. The molecule has 2 heterocycles. The van der Waals surface area contributed by atoms with Crippen molar-refractivity contribution in [1.82, 2.24) is 15.6 Å². The van der Waals surface area contributed by atoms with Gasteiger partial charge in [0.2, 0.25) is 0 Å². The largest absolute Gasteiger partial charge is 0.467 e. The van der Waals surface area contributed by atoms with Gasteiger partial charge in [-0.3, -0.25) is 4.99 Å². The van der Waals surface area contributed by atoms with E-state index < -0.39 is 0 Å². The van der Waals surface area contributed by atoms with Gasteiger partial charge in [-0.25, -0.2) is 0 Å². The molecular weight excluding hydrogens is 415 g/mol. The molecular formula is C18H23IN4O. The average molecular weight is 438 g/mol. The lowest BCUT2D eigenvalue weighted by atomic mass is 10.1. The molecule has 128 valence electrons. The molecule has 0 radical (unpaired) electrons. The van der Waals surface area contributed by atoms with E-state index >= 15 is 0 Å². The van der Waals surface area contributed by atoms with Gasteiger partial charge in [-0.05, 0) is 36.6 Å². The third kappa shape index (κ3) is 4.77. The van der Waals surface area contributed by atoms with Crippen LogP contribution in [0.3, 0.4) is 0 Å². The number of aromatic amines is 1. The molecule has 0 fully saturated rings. The highest BCUT2D eigenvalue weighted by Crippen LogP contribution is 2.18. The summed E-state index contributed by atoms with van der Waals surface area (Å²) in [5, 5.41) is 7.88. The zero-order valence-electron chi connectivity index (χ0n) is 13.7. The Balaban J connectivity index is 0.00000208. The van der Waals surface area contributed by atoms with Crippen molar-refractivity contribution in [1.29, 1.82) is 0 Å². The molecule has 0 atom stereocenters. The second-order valence-corrected chi connectivity index (χ2v) is 5.39. The van der Waals surface area contributed by atoms with Crippen LogP contribution in [0.5, 0.6) is 0 Å². The summed E-state index contributed by atoms with van der Waals surface area (Å²) in [4.78, 5) is 7.54. The van der Waals surface area contributed by atoms with Crippen LogP contribution in [0, 0.1) is 0 Å². The second-order valence-electron chi connectivity index (χ2n) is 5.39. The van der Waals surface area contributed by atoms with Crippen LogP contribution in [0.15, 0.2) is 58.3 Å². The number of aliphatic imine (C=N–C) groups is 1. The van der Waals surface area contributed by atoms with Crippen molar-refractivity contribution >= 4 is 40.8 Å². The molecule has 6 heteroatoms. The van der Waals surface area contributed by atoms with Crippen LogP contribution in [-0.4, -0.2) is 24.5 Å². The third-order valence-electron chi connectivity index (χ3n) is 3.82. The summed E-state index contributed by atoms with van der Waals surface area (Å²) in [6.07, 6.45) is 5.86. The van der Waals surface area contributed by atoms with Crippen molar-refractivity contribution in [3.63, 3.8) is 0 Å². The van der Waals surface area contributed by atoms with Crippen LogP contribution in [-0.2, 0) is 13.0 Å². The molecule has 0 saturated carbocycles. The first-order valence-electron chi connectivity index (χ1n) is 7.88. The lowest BCUT2D eigenvalue weighted by Crippen LogP contribution is -2.37. The molecule has 24 heavy (non-hydrogen) atoms. The molecule has 0 bridgehead atoms. The number of aromatic nitrogens is 1. The molecule has 0 amide bonds. The zero-order valence-corrected chi connectivity index (χ0v) is 16.0. The zero-order chi connectivity index (χ0) is 15.9. The van der Waals surface area contributed by atoms with E-state index in [9.17, 15) is 0 Å². The fraction of sp³-hybridized carbons (Fsp3) is 0.278. The number of aryl methyl sites for hydroxylation is 1. The Labute approximate surface area is 159 Å². The van der Waals surface area contributed by atoms with Crippen molar-refractivity contribution in [2.45, 2.75) is 19.4 Å². The summed E-state index contributed by atoms with van der Waals surface area (Å²) in [6.45, 7) is 1.51. The van der Waals surface area contributed by atoms with Crippen LogP contribution in [0.1, 0.15) is 17.7 Å². The van der Waals surface area contributed by atoms with Crippen LogP contribution in [0.4, 0.5) is 0 Å². The molecule has 0 unspecified atom stereocenters. The van der Waals surface area contributed by atoms with E-state index in [1.807, 2.05) is 12.1 Å². The smallest absolute Gasteiger partial charge is 0.191 e. The predicted molar refractivity (Wildman–Crippen MR) is 109 cm³/mol. The number of guanidine groups is 1. The van der Waals surface area contributed by atoms with Gasteiger partial charge in [0.15, 0.2) is 5.96 Å². The average Bonchev–Trinajstić information content (AvgIpc) is 3.24. The van der Waals surface area contributed by atoms with Crippen molar-refractivity contribution in [2.75, 3.05) is 13.6 Å². The first kappa shape index (κ1) is 18.4. The standard InChI is InChI=1S/C18H22N4O.HI/c1-19-18(22-13-15-7-5-11-23-15)20-10-4-6-14-12-21-17-9-3-2-8-16(14)17;/h2-3,5,7-9,11-12,21H,4,6,10,13H2,1H3,(H2,19,20,22);1H. The minimum atomic E-state index is 0. The molecule has 3 rings (SSSR count). The van der Waals surface area contributed by atoms with E-state index in [2.05, 4.69) is 51.1 Å². The molecule has 2 aromatic heterocycles. The Bertz CT molecular complexity index is 764. The third-order valence-corrected chi connectivity index (χ3v) is 3.82. The van der Waals surface area contributed by atoms with Crippen molar-refractivity contribution in [3.05, 3.63) is 60.2 Å². The topological polar surface area (TPSA) is 65.3 Å². The van der Waals surface area contributed by atoms with E-state index in [-0.39, 0.29) is 24.0 Å². The Hall–Kier alpha value is -1.96. The number of benzene rings is 1. The Morgan fingerprint density at radius 2 is 2.04 bits per heavy atom. The fourth-order valence-corrected chi connectivity index (χ4v) is 2.63. The second kappa shape index (κ2) is 9.36. The van der Waals surface area contributed by atoms with Crippen LogP contribution >= 0.6 is 24.0 Å². The fourth-order valence-electron chi connectivity index (χ4n) is 2.63. The van der Waals surface area contributed by atoms with E-state index in [1.54, 1.807) is 13.3 Å². The van der Waals surface area contributed by atoms with Gasteiger partial charge in [0.25, 0.3) is 0 Å².